The summed E-state index contributed by atoms with van der Waals surface area (Å²) in [6.45, 7) is 2.83. The second kappa shape index (κ2) is 9.35. The summed E-state index contributed by atoms with van der Waals surface area (Å²) in [4.78, 5) is 8.17. The molecule has 160 valence electrons. The Morgan fingerprint density at radius 1 is 0.969 bits per heavy atom. The summed E-state index contributed by atoms with van der Waals surface area (Å²) >= 11 is 0. The highest BCUT2D eigenvalue weighted by molar-refractivity contribution is 5.74. The molecule has 1 fully saturated rings. The van der Waals surface area contributed by atoms with Crippen LogP contribution in [-0.4, -0.2) is 23.1 Å². The number of piperidine rings is 1. The van der Waals surface area contributed by atoms with Crippen LogP contribution in [0.1, 0.15) is 35.8 Å². The molecule has 1 aliphatic heterocycles. The van der Waals surface area contributed by atoms with Gasteiger partial charge in [0.15, 0.2) is 0 Å². The normalized spacial score (nSPS) is 15.5. The van der Waals surface area contributed by atoms with Crippen LogP contribution in [0.25, 0.3) is 22.2 Å². The summed E-state index contributed by atoms with van der Waals surface area (Å²) < 4.78 is 0. The number of hydrogen-bond acceptors (Lipinski definition) is 4. The van der Waals surface area contributed by atoms with E-state index in [0.29, 0.717) is 18.0 Å². The van der Waals surface area contributed by atoms with Crippen molar-refractivity contribution in [3.05, 3.63) is 89.7 Å². The molecular weight excluding hydrogens is 394 g/mol. The van der Waals surface area contributed by atoms with Crippen molar-refractivity contribution in [2.75, 3.05) is 13.1 Å². The molecule has 0 radical (unpaired) electrons. The van der Waals surface area contributed by atoms with Gasteiger partial charge in [-0.15, -0.1) is 0 Å². The molecule has 1 saturated heterocycles. The zero-order valence-corrected chi connectivity index (χ0v) is 18.0. The first-order valence-corrected chi connectivity index (χ1v) is 11.3. The summed E-state index contributed by atoms with van der Waals surface area (Å²) in [6.07, 6.45) is 2.31. The Morgan fingerprint density at radius 3 is 2.56 bits per heavy atom. The first-order chi connectivity index (χ1) is 15.8. The van der Waals surface area contributed by atoms with Gasteiger partial charge in [0.1, 0.15) is 5.82 Å². The van der Waals surface area contributed by atoms with Crippen LogP contribution in [0.4, 0.5) is 0 Å². The van der Waals surface area contributed by atoms with Gasteiger partial charge in [0.2, 0.25) is 0 Å². The van der Waals surface area contributed by atoms with E-state index in [1.54, 1.807) is 0 Å². The number of aromatic amines is 1. The van der Waals surface area contributed by atoms with Crippen LogP contribution in [0.5, 0.6) is 0 Å². The number of hydrogen-bond donors (Lipinski definition) is 3. The van der Waals surface area contributed by atoms with Crippen molar-refractivity contribution in [1.82, 2.24) is 20.6 Å². The Balaban J connectivity index is 1.38. The van der Waals surface area contributed by atoms with Crippen molar-refractivity contribution in [2.45, 2.75) is 25.4 Å². The number of benzene rings is 3. The quantitative estimate of drug-likeness (QED) is 0.412. The molecule has 0 bridgehead atoms. The van der Waals surface area contributed by atoms with E-state index in [1.807, 2.05) is 36.4 Å². The minimum atomic E-state index is 0.268. The third-order valence-corrected chi connectivity index (χ3v) is 6.38. The first-order valence-electron chi connectivity index (χ1n) is 11.3. The van der Waals surface area contributed by atoms with Crippen molar-refractivity contribution < 1.29 is 0 Å². The highest BCUT2D eigenvalue weighted by Gasteiger charge is 2.25. The number of para-hydroxylation sites is 2. The van der Waals surface area contributed by atoms with Gasteiger partial charge in [0.25, 0.3) is 0 Å². The average Bonchev–Trinajstić information content (AvgIpc) is 3.28. The average molecular weight is 422 g/mol. The highest BCUT2D eigenvalue weighted by Crippen LogP contribution is 2.31. The van der Waals surface area contributed by atoms with Gasteiger partial charge in [-0.2, -0.15) is 5.26 Å². The van der Waals surface area contributed by atoms with E-state index < -0.39 is 0 Å². The standard InChI is InChI=1S/C27H27N5/c28-17-19-4-3-5-23(16-19)20-8-10-21(11-9-20)27(22-12-14-29-15-13-22)30-18-26-31-24-6-1-2-7-25(24)32-26/h1-11,16,22,27,29-30H,12-15,18H2,(H,31,32). The lowest BCUT2D eigenvalue weighted by Crippen LogP contribution is -2.36. The molecule has 2 heterocycles. The molecule has 32 heavy (non-hydrogen) atoms. The van der Waals surface area contributed by atoms with Crippen LogP contribution in [0, 0.1) is 17.2 Å². The molecule has 4 aromatic rings. The number of rotatable bonds is 6. The van der Waals surface area contributed by atoms with E-state index in [4.69, 9.17) is 4.98 Å². The van der Waals surface area contributed by atoms with Crippen LogP contribution in [0.2, 0.25) is 0 Å². The van der Waals surface area contributed by atoms with Crippen molar-refractivity contribution >= 4 is 11.0 Å². The molecule has 0 spiro atoms. The Morgan fingerprint density at radius 2 is 1.78 bits per heavy atom. The van der Waals surface area contributed by atoms with Gasteiger partial charge >= 0.3 is 0 Å². The molecule has 3 aromatic carbocycles. The Labute approximate surface area is 188 Å². The molecule has 5 nitrogen and oxygen atoms in total. The lowest BCUT2D eigenvalue weighted by Gasteiger charge is -2.32. The monoisotopic (exact) mass is 421 g/mol. The Kier molecular flexibility index (Phi) is 5.98. The minimum absolute atomic E-state index is 0.268. The smallest absolute Gasteiger partial charge is 0.121 e. The fourth-order valence-corrected chi connectivity index (χ4v) is 4.68. The molecular formula is C27H27N5. The number of H-pyrrole nitrogens is 1. The topological polar surface area (TPSA) is 76.5 Å². The van der Waals surface area contributed by atoms with Crippen molar-refractivity contribution in [3.63, 3.8) is 0 Å². The molecule has 0 saturated carbocycles. The van der Waals surface area contributed by atoms with Crippen molar-refractivity contribution in [1.29, 1.82) is 5.26 Å². The van der Waals surface area contributed by atoms with E-state index in [9.17, 15) is 5.26 Å². The van der Waals surface area contributed by atoms with Gasteiger partial charge in [-0.05, 0) is 72.8 Å². The van der Waals surface area contributed by atoms with Crippen LogP contribution in [0.3, 0.4) is 0 Å². The largest absolute Gasteiger partial charge is 0.341 e. The summed E-state index contributed by atoms with van der Waals surface area (Å²) in [5.74, 6) is 1.54. The summed E-state index contributed by atoms with van der Waals surface area (Å²) in [7, 11) is 0. The Bertz CT molecular complexity index is 1200. The molecule has 0 amide bonds. The lowest BCUT2D eigenvalue weighted by atomic mass is 9.85. The highest BCUT2D eigenvalue weighted by atomic mass is 15.0. The second-order valence-electron chi connectivity index (χ2n) is 8.46. The molecule has 5 rings (SSSR count). The number of nitriles is 1. The molecule has 1 atom stereocenters. The molecule has 1 unspecified atom stereocenters. The summed E-state index contributed by atoms with van der Waals surface area (Å²) in [5, 5.41) is 16.5. The van der Waals surface area contributed by atoms with E-state index in [-0.39, 0.29) is 6.04 Å². The van der Waals surface area contributed by atoms with Crippen LogP contribution >= 0.6 is 0 Å². The molecule has 3 N–H and O–H groups in total. The van der Waals surface area contributed by atoms with E-state index in [1.165, 1.54) is 5.56 Å². The SMILES string of the molecule is N#Cc1cccc(-c2ccc(C(NCc3nc4ccccc4[nH]3)C3CCNCC3)cc2)c1. The first kappa shape index (κ1) is 20.4. The minimum Gasteiger partial charge on any atom is -0.341 e. The van der Waals surface area contributed by atoms with Crippen LogP contribution < -0.4 is 10.6 Å². The number of aromatic nitrogens is 2. The zero-order valence-electron chi connectivity index (χ0n) is 18.0. The Hall–Kier alpha value is -3.46. The van der Waals surface area contributed by atoms with Gasteiger partial charge in [-0.25, -0.2) is 4.98 Å². The maximum atomic E-state index is 9.20. The van der Waals surface area contributed by atoms with Gasteiger partial charge < -0.3 is 15.6 Å². The van der Waals surface area contributed by atoms with Gasteiger partial charge in [0.05, 0.1) is 29.2 Å². The second-order valence-corrected chi connectivity index (χ2v) is 8.46. The van der Waals surface area contributed by atoms with E-state index in [2.05, 4.69) is 58.1 Å². The number of imidazole rings is 1. The zero-order chi connectivity index (χ0) is 21.8. The molecule has 1 aromatic heterocycles. The fourth-order valence-electron chi connectivity index (χ4n) is 4.68. The van der Waals surface area contributed by atoms with E-state index >= 15 is 0 Å². The third kappa shape index (κ3) is 4.43. The summed E-state index contributed by atoms with van der Waals surface area (Å²) in [6, 6.07) is 27.2. The summed E-state index contributed by atoms with van der Waals surface area (Å²) in [5.41, 5.74) is 6.27. The van der Waals surface area contributed by atoms with Gasteiger partial charge in [-0.3, -0.25) is 0 Å². The predicted molar refractivity (Wildman–Crippen MR) is 128 cm³/mol. The van der Waals surface area contributed by atoms with Gasteiger partial charge in [0, 0.05) is 6.04 Å². The molecule has 0 aliphatic carbocycles. The number of nitrogens with zero attached hydrogens (tertiary/aromatic N) is 2. The lowest BCUT2D eigenvalue weighted by molar-refractivity contribution is 0.280. The maximum Gasteiger partial charge on any atom is 0.121 e. The molecule has 1 aliphatic rings. The number of nitrogens with one attached hydrogen (secondary N) is 3. The fraction of sp³-hybridized carbons (Fsp3) is 0.259. The van der Waals surface area contributed by atoms with Gasteiger partial charge in [-0.1, -0.05) is 48.5 Å². The number of fused-ring (bicyclic) bond motifs is 1. The van der Waals surface area contributed by atoms with Crippen molar-refractivity contribution in [2.24, 2.45) is 5.92 Å². The molecule has 5 heteroatoms. The predicted octanol–water partition coefficient (Wildman–Crippen LogP) is 4.93. The van der Waals surface area contributed by atoms with Crippen LogP contribution in [0.15, 0.2) is 72.8 Å². The third-order valence-electron chi connectivity index (χ3n) is 6.38. The van der Waals surface area contributed by atoms with Crippen molar-refractivity contribution in [3.8, 4) is 17.2 Å². The van der Waals surface area contributed by atoms with Crippen LogP contribution in [-0.2, 0) is 6.54 Å². The maximum absolute atomic E-state index is 9.20. The van der Waals surface area contributed by atoms with E-state index in [0.717, 1.165) is 53.9 Å².